The summed E-state index contributed by atoms with van der Waals surface area (Å²) in [5, 5.41) is 9.92. The van der Waals surface area contributed by atoms with Crippen molar-refractivity contribution in [1.29, 1.82) is 0 Å². The molecule has 10 heavy (non-hydrogen) atoms. The number of nitrogens with zero attached hydrogens (tertiary/aromatic N) is 1. The van der Waals surface area contributed by atoms with Gasteiger partial charge in [0, 0.05) is 18.8 Å². The van der Waals surface area contributed by atoms with Gasteiger partial charge in [0.25, 0.3) is 0 Å². The highest BCUT2D eigenvalue weighted by Crippen LogP contribution is 2.13. The Kier molecular flexibility index (Phi) is 1.94. The molecular weight excluding hydrogens is 126 g/mol. The Balaban J connectivity index is 2.78. The second-order valence-corrected chi connectivity index (χ2v) is 2.61. The van der Waals surface area contributed by atoms with Crippen molar-refractivity contribution >= 4 is 5.82 Å². The van der Waals surface area contributed by atoms with Crippen molar-refractivity contribution in [3.05, 3.63) is 11.8 Å². The lowest BCUT2D eigenvalue weighted by atomic mass is 10.1. The molecule has 0 amide bonds. The zero-order valence-corrected chi connectivity index (χ0v) is 6.60. The molecule has 0 unspecified atom stereocenters. The van der Waals surface area contributed by atoms with Gasteiger partial charge in [0.05, 0.1) is 0 Å². The van der Waals surface area contributed by atoms with Crippen molar-refractivity contribution in [3.8, 4) is 0 Å². The molecule has 3 nitrogen and oxygen atoms in total. The molecule has 0 fully saturated rings. The number of aromatic amines is 1. The quantitative estimate of drug-likeness (QED) is 0.653. The van der Waals surface area contributed by atoms with Crippen LogP contribution in [0.4, 0.5) is 5.82 Å². The van der Waals surface area contributed by atoms with E-state index < -0.39 is 0 Å². The number of nitrogens with one attached hydrogen (secondary N) is 2. The molecule has 0 spiro atoms. The van der Waals surface area contributed by atoms with Crippen LogP contribution in [0, 0.1) is 0 Å². The minimum absolute atomic E-state index is 0.523. The van der Waals surface area contributed by atoms with Gasteiger partial charge in [0.2, 0.25) is 0 Å². The monoisotopic (exact) mass is 139 g/mol. The van der Waals surface area contributed by atoms with E-state index in [1.54, 1.807) is 0 Å². The number of anilines is 1. The number of hydrogen-bond acceptors (Lipinski definition) is 2. The largest absolute Gasteiger partial charge is 0.372 e. The van der Waals surface area contributed by atoms with E-state index in [-0.39, 0.29) is 0 Å². The molecular formula is C7H13N3. The summed E-state index contributed by atoms with van der Waals surface area (Å²) >= 11 is 0. The summed E-state index contributed by atoms with van der Waals surface area (Å²) in [6.07, 6.45) is 0. The van der Waals surface area contributed by atoms with E-state index in [2.05, 4.69) is 29.4 Å². The molecule has 0 saturated carbocycles. The second-order valence-electron chi connectivity index (χ2n) is 2.61. The van der Waals surface area contributed by atoms with Gasteiger partial charge in [-0.2, -0.15) is 5.10 Å². The molecule has 1 rings (SSSR count). The fourth-order valence-corrected chi connectivity index (χ4v) is 0.760. The van der Waals surface area contributed by atoms with E-state index in [4.69, 9.17) is 0 Å². The number of aromatic nitrogens is 2. The van der Waals surface area contributed by atoms with Crippen LogP contribution in [0.2, 0.25) is 0 Å². The van der Waals surface area contributed by atoms with E-state index in [0.717, 1.165) is 5.82 Å². The van der Waals surface area contributed by atoms with Crippen molar-refractivity contribution in [2.75, 3.05) is 12.4 Å². The Morgan fingerprint density at radius 1 is 1.60 bits per heavy atom. The first-order valence-electron chi connectivity index (χ1n) is 3.47. The van der Waals surface area contributed by atoms with Crippen LogP contribution in [0.5, 0.6) is 0 Å². The molecule has 0 saturated heterocycles. The van der Waals surface area contributed by atoms with Crippen molar-refractivity contribution in [2.24, 2.45) is 0 Å². The first kappa shape index (κ1) is 7.12. The van der Waals surface area contributed by atoms with Gasteiger partial charge in [0.1, 0.15) is 5.82 Å². The van der Waals surface area contributed by atoms with Crippen molar-refractivity contribution < 1.29 is 0 Å². The maximum atomic E-state index is 4.02. The molecule has 0 aliphatic carbocycles. The highest BCUT2D eigenvalue weighted by molar-refractivity contribution is 5.34. The smallest absolute Gasteiger partial charge is 0.147 e. The van der Waals surface area contributed by atoms with Crippen LogP contribution < -0.4 is 5.32 Å². The molecule has 56 valence electrons. The molecule has 0 aliphatic rings. The van der Waals surface area contributed by atoms with E-state index in [1.165, 1.54) is 5.69 Å². The first-order chi connectivity index (χ1) is 4.74. The van der Waals surface area contributed by atoms with E-state index in [1.807, 2.05) is 13.1 Å². The van der Waals surface area contributed by atoms with Gasteiger partial charge in [-0.1, -0.05) is 13.8 Å². The van der Waals surface area contributed by atoms with Gasteiger partial charge in [-0.25, -0.2) is 0 Å². The molecule has 1 heterocycles. The average molecular weight is 139 g/mol. The lowest BCUT2D eigenvalue weighted by molar-refractivity contribution is 0.811. The van der Waals surface area contributed by atoms with Crippen molar-refractivity contribution in [2.45, 2.75) is 19.8 Å². The molecule has 0 aliphatic heterocycles. The number of H-pyrrole nitrogens is 1. The van der Waals surface area contributed by atoms with Gasteiger partial charge < -0.3 is 5.32 Å². The van der Waals surface area contributed by atoms with E-state index in [9.17, 15) is 0 Å². The summed E-state index contributed by atoms with van der Waals surface area (Å²) in [6.45, 7) is 4.26. The molecule has 3 heteroatoms. The van der Waals surface area contributed by atoms with Crippen LogP contribution in [-0.4, -0.2) is 17.2 Å². The highest BCUT2D eigenvalue weighted by Gasteiger charge is 2.01. The third-order valence-corrected chi connectivity index (χ3v) is 1.48. The molecule has 0 bridgehead atoms. The van der Waals surface area contributed by atoms with E-state index >= 15 is 0 Å². The Morgan fingerprint density at radius 2 is 2.30 bits per heavy atom. The zero-order chi connectivity index (χ0) is 7.56. The zero-order valence-electron chi connectivity index (χ0n) is 6.60. The topological polar surface area (TPSA) is 40.7 Å². The SMILES string of the molecule is CNc1cc(C(C)C)[nH]n1. The third kappa shape index (κ3) is 1.29. The van der Waals surface area contributed by atoms with Gasteiger partial charge in [-0.05, 0) is 5.92 Å². The predicted octanol–water partition coefficient (Wildman–Crippen LogP) is 1.57. The lowest BCUT2D eigenvalue weighted by Crippen LogP contribution is -1.85. The van der Waals surface area contributed by atoms with Gasteiger partial charge in [0.15, 0.2) is 0 Å². The maximum Gasteiger partial charge on any atom is 0.147 e. The Bertz CT molecular complexity index is 202. The molecule has 1 aromatic heterocycles. The summed E-state index contributed by atoms with van der Waals surface area (Å²) in [6, 6.07) is 2.02. The fourth-order valence-electron chi connectivity index (χ4n) is 0.760. The minimum Gasteiger partial charge on any atom is -0.372 e. The van der Waals surface area contributed by atoms with Gasteiger partial charge in [-0.15, -0.1) is 0 Å². The molecule has 0 atom stereocenters. The summed E-state index contributed by atoms with van der Waals surface area (Å²) in [5.41, 5.74) is 1.17. The van der Waals surface area contributed by atoms with Gasteiger partial charge >= 0.3 is 0 Å². The summed E-state index contributed by atoms with van der Waals surface area (Å²) in [5.74, 6) is 1.43. The minimum atomic E-state index is 0.523. The Labute approximate surface area is 60.8 Å². The average Bonchev–Trinajstić information content (AvgIpc) is 2.34. The van der Waals surface area contributed by atoms with Crippen LogP contribution in [0.3, 0.4) is 0 Å². The van der Waals surface area contributed by atoms with Crippen LogP contribution in [-0.2, 0) is 0 Å². The first-order valence-corrected chi connectivity index (χ1v) is 3.47. The summed E-state index contributed by atoms with van der Waals surface area (Å²) in [7, 11) is 1.86. The Hall–Kier alpha value is -0.990. The van der Waals surface area contributed by atoms with Crippen LogP contribution in [0.25, 0.3) is 0 Å². The van der Waals surface area contributed by atoms with E-state index in [0.29, 0.717) is 5.92 Å². The standard InChI is InChI=1S/C7H13N3/c1-5(2)6-4-7(8-3)10-9-6/h4-5H,1-3H3,(H2,8,9,10). The van der Waals surface area contributed by atoms with Crippen LogP contribution in [0.15, 0.2) is 6.07 Å². The van der Waals surface area contributed by atoms with Crippen molar-refractivity contribution in [3.63, 3.8) is 0 Å². The maximum absolute atomic E-state index is 4.02. The van der Waals surface area contributed by atoms with Crippen molar-refractivity contribution in [1.82, 2.24) is 10.2 Å². The van der Waals surface area contributed by atoms with Gasteiger partial charge in [-0.3, -0.25) is 5.10 Å². The second kappa shape index (κ2) is 2.73. The lowest BCUT2D eigenvalue weighted by Gasteiger charge is -1.96. The Morgan fingerprint density at radius 3 is 2.60 bits per heavy atom. The number of hydrogen-bond donors (Lipinski definition) is 2. The summed E-state index contributed by atoms with van der Waals surface area (Å²) in [4.78, 5) is 0. The number of rotatable bonds is 2. The molecule has 0 aromatic carbocycles. The third-order valence-electron chi connectivity index (χ3n) is 1.48. The highest BCUT2D eigenvalue weighted by atomic mass is 15.2. The molecule has 0 radical (unpaired) electrons. The predicted molar refractivity (Wildman–Crippen MR) is 42.2 cm³/mol. The normalized spacial score (nSPS) is 10.4. The fraction of sp³-hybridized carbons (Fsp3) is 0.571. The van der Waals surface area contributed by atoms with Crippen LogP contribution in [0.1, 0.15) is 25.5 Å². The summed E-state index contributed by atoms with van der Waals surface area (Å²) < 4.78 is 0. The molecule has 2 N–H and O–H groups in total. The van der Waals surface area contributed by atoms with Crippen LogP contribution >= 0.6 is 0 Å². The molecule has 1 aromatic rings.